The average Bonchev–Trinajstić information content (AvgIpc) is 2.93. The van der Waals surface area contributed by atoms with Crippen molar-refractivity contribution in [2.75, 3.05) is 31.9 Å². The van der Waals surface area contributed by atoms with Crippen LogP contribution in [-0.2, 0) is 6.54 Å². The van der Waals surface area contributed by atoms with Gasteiger partial charge in [0.25, 0.3) is 0 Å². The highest BCUT2D eigenvalue weighted by molar-refractivity contribution is 5.39. The molecule has 0 atom stereocenters. The molecular weight excluding hydrogens is 246 g/mol. The lowest BCUT2D eigenvalue weighted by Gasteiger charge is -2.27. The van der Waals surface area contributed by atoms with E-state index in [0.29, 0.717) is 6.04 Å². The predicted octanol–water partition coefficient (Wildman–Crippen LogP) is 2.97. The molecule has 112 valence electrons. The van der Waals surface area contributed by atoms with Crippen LogP contribution < -0.4 is 5.73 Å². The van der Waals surface area contributed by atoms with Crippen molar-refractivity contribution >= 4 is 5.69 Å². The second-order valence-corrected chi connectivity index (χ2v) is 6.21. The molecular formula is C17H29N3. The third-order valence-corrected chi connectivity index (χ3v) is 4.21. The largest absolute Gasteiger partial charge is 0.399 e. The van der Waals surface area contributed by atoms with E-state index in [1.54, 1.807) is 0 Å². The molecule has 1 aromatic carbocycles. The third kappa shape index (κ3) is 4.80. The summed E-state index contributed by atoms with van der Waals surface area (Å²) in [5.41, 5.74) is 7.95. The molecule has 1 aliphatic heterocycles. The zero-order chi connectivity index (χ0) is 14.4. The number of benzene rings is 1. The van der Waals surface area contributed by atoms with Crippen molar-refractivity contribution in [1.29, 1.82) is 0 Å². The number of anilines is 1. The van der Waals surface area contributed by atoms with Crippen LogP contribution in [0.1, 0.15) is 38.7 Å². The Hall–Kier alpha value is -1.06. The van der Waals surface area contributed by atoms with E-state index in [1.807, 2.05) is 12.1 Å². The lowest BCUT2D eigenvalue weighted by molar-refractivity contribution is 0.197. The fraction of sp³-hybridized carbons (Fsp3) is 0.647. The van der Waals surface area contributed by atoms with Crippen molar-refractivity contribution in [2.24, 2.45) is 0 Å². The maximum atomic E-state index is 5.75. The zero-order valence-electron chi connectivity index (χ0n) is 13.0. The lowest BCUT2D eigenvalue weighted by atomic mass is 10.1. The highest BCUT2D eigenvalue weighted by atomic mass is 15.2. The van der Waals surface area contributed by atoms with Crippen molar-refractivity contribution in [3.63, 3.8) is 0 Å². The second kappa shape index (κ2) is 7.65. The van der Waals surface area contributed by atoms with Crippen molar-refractivity contribution < 1.29 is 0 Å². The first-order valence-corrected chi connectivity index (χ1v) is 7.96. The van der Waals surface area contributed by atoms with Crippen molar-refractivity contribution in [3.05, 3.63) is 29.8 Å². The van der Waals surface area contributed by atoms with Gasteiger partial charge in [-0.1, -0.05) is 12.1 Å². The number of nitrogens with two attached hydrogens (primary N) is 1. The van der Waals surface area contributed by atoms with Crippen LogP contribution in [0.2, 0.25) is 0 Å². The van der Waals surface area contributed by atoms with Gasteiger partial charge in [-0.15, -0.1) is 0 Å². The van der Waals surface area contributed by atoms with Crippen LogP contribution in [0, 0.1) is 0 Å². The summed E-state index contributed by atoms with van der Waals surface area (Å²) in [6.45, 7) is 10.6. The molecule has 0 unspecified atom stereocenters. The van der Waals surface area contributed by atoms with Gasteiger partial charge in [-0.25, -0.2) is 0 Å². The van der Waals surface area contributed by atoms with E-state index in [4.69, 9.17) is 5.73 Å². The van der Waals surface area contributed by atoms with Crippen molar-refractivity contribution in [1.82, 2.24) is 9.80 Å². The summed E-state index contributed by atoms with van der Waals surface area (Å²) in [6, 6.07) is 8.87. The number of hydrogen-bond acceptors (Lipinski definition) is 3. The molecule has 1 fully saturated rings. The number of rotatable bonds is 7. The summed E-state index contributed by atoms with van der Waals surface area (Å²) in [5.74, 6) is 0. The van der Waals surface area contributed by atoms with Gasteiger partial charge in [0.05, 0.1) is 0 Å². The molecule has 3 nitrogen and oxygen atoms in total. The second-order valence-electron chi connectivity index (χ2n) is 6.21. The molecule has 0 aliphatic carbocycles. The molecule has 1 aromatic rings. The molecule has 0 amide bonds. The van der Waals surface area contributed by atoms with Gasteiger partial charge in [0.1, 0.15) is 0 Å². The quantitative estimate of drug-likeness (QED) is 0.777. The Bertz CT molecular complexity index is 380. The molecule has 0 aromatic heterocycles. The SMILES string of the molecule is CC(C)N(CCCN1CCCC1)Cc1ccc(N)cc1. The van der Waals surface area contributed by atoms with E-state index < -0.39 is 0 Å². The minimum absolute atomic E-state index is 0.589. The minimum atomic E-state index is 0.589. The summed E-state index contributed by atoms with van der Waals surface area (Å²) >= 11 is 0. The van der Waals surface area contributed by atoms with Gasteiger partial charge >= 0.3 is 0 Å². The molecule has 0 saturated carbocycles. The average molecular weight is 275 g/mol. The lowest BCUT2D eigenvalue weighted by Crippen LogP contribution is -2.33. The van der Waals surface area contributed by atoms with Gasteiger partial charge in [0.2, 0.25) is 0 Å². The molecule has 20 heavy (non-hydrogen) atoms. The Morgan fingerprint density at radius 2 is 1.80 bits per heavy atom. The smallest absolute Gasteiger partial charge is 0.0314 e. The number of likely N-dealkylation sites (tertiary alicyclic amines) is 1. The van der Waals surface area contributed by atoms with Gasteiger partial charge < -0.3 is 10.6 Å². The zero-order valence-corrected chi connectivity index (χ0v) is 13.0. The van der Waals surface area contributed by atoms with Crippen LogP contribution in [0.15, 0.2) is 24.3 Å². The molecule has 0 radical (unpaired) electrons. The summed E-state index contributed by atoms with van der Waals surface area (Å²) in [4.78, 5) is 5.16. The fourth-order valence-corrected chi connectivity index (χ4v) is 2.88. The number of nitrogens with zero attached hydrogens (tertiary/aromatic N) is 2. The first kappa shape index (κ1) is 15.3. The van der Waals surface area contributed by atoms with Crippen LogP contribution in [0.25, 0.3) is 0 Å². The first-order chi connectivity index (χ1) is 9.65. The molecule has 0 spiro atoms. The summed E-state index contributed by atoms with van der Waals surface area (Å²) in [6.07, 6.45) is 4.05. The van der Waals surface area contributed by atoms with E-state index >= 15 is 0 Å². The topological polar surface area (TPSA) is 32.5 Å². The Kier molecular flexibility index (Phi) is 5.86. The molecule has 1 aliphatic rings. The van der Waals surface area contributed by atoms with Crippen LogP contribution in [0.4, 0.5) is 5.69 Å². The maximum Gasteiger partial charge on any atom is 0.0314 e. The Balaban J connectivity index is 1.78. The monoisotopic (exact) mass is 275 g/mol. The van der Waals surface area contributed by atoms with Crippen LogP contribution in [-0.4, -0.2) is 42.0 Å². The van der Waals surface area contributed by atoms with Crippen molar-refractivity contribution in [3.8, 4) is 0 Å². The summed E-state index contributed by atoms with van der Waals surface area (Å²) < 4.78 is 0. The Morgan fingerprint density at radius 3 is 2.40 bits per heavy atom. The molecule has 1 saturated heterocycles. The van der Waals surface area contributed by atoms with E-state index in [0.717, 1.165) is 12.2 Å². The van der Waals surface area contributed by atoms with E-state index in [9.17, 15) is 0 Å². The maximum absolute atomic E-state index is 5.75. The summed E-state index contributed by atoms with van der Waals surface area (Å²) in [7, 11) is 0. The third-order valence-electron chi connectivity index (χ3n) is 4.21. The Labute approximate surface area is 123 Å². The van der Waals surface area contributed by atoms with Crippen LogP contribution >= 0.6 is 0 Å². The predicted molar refractivity (Wildman–Crippen MR) is 86.7 cm³/mol. The van der Waals surface area contributed by atoms with Gasteiger partial charge in [-0.3, -0.25) is 4.90 Å². The number of hydrogen-bond donors (Lipinski definition) is 1. The highest BCUT2D eigenvalue weighted by Crippen LogP contribution is 2.12. The minimum Gasteiger partial charge on any atom is -0.399 e. The molecule has 2 N–H and O–H groups in total. The molecule has 1 heterocycles. The van der Waals surface area contributed by atoms with Gasteiger partial charge in [0.15, 0.2) is 0 Å². The van der Waals surface area contributed by atoms with Crippen LogP contribution in [0.3, 0.4) is 0 Å². The van der Waals surface area contributed by atoms with Gasteiger partial charge in [-0.2, -0.15) is 0 Å². The highest BCUT2D eigenvalue weighted by Gasteiger charge is 2.13. The summed E-state index contributed by atoms with van der Waals surface area (Å²) in [5, 5.41) is 0. The van der Waals surface area contributed by atoms with Gasteiger partial charge in [0, 0.05) is 18.3 Å². The van der Waals surface area contributed by atoms with Crippen molar-refractivity contribution in [2.45, 2.75) is 45.7 Å². The molecule has 2 rings (SSSR count). The molecule has 3 heteroatoms. The molecule has 0 bridgehead atoms. The Morgan fingerprint density at radius 1 is 1.15 bits per heavy atom. The fourth-order valence-electron chi connectivity index (χ4n) is 2.88. The van der Waals surface area contributed by atoms with Crippen LogP contribution in [0.5, 0.6) is 0 Å². The first-order valence-electron chi connectivity index (χ1n) is 7.96. The van der Waals surface area contributed by atoms with E-state index in [2.05, 4.69) is 35.8 Å². The normalized spacial score (nSPS) is 16.4. The van der Waals surface area contributed by atoms with E-state index in [1.165, 1.54) is 51.0 Å². The number of nitrogen functional groups attached to an aromatic ring is 1. The standard InChI is InChI=1S/C17H29N3/c1-15(2)20(13-5-12-19-10-3-4-11-19)14-16-6-8-17(18)9-7-16/h6-9,15H,3-5,10-14,18H2,1-2H3. The van der Waals surface area contributed by atoms with Gasteiger partial charge in [-0.05, 0) is 77.0 Å². The van der Waals surface area contributed by atoms with E-state index in [-0.39, 0.29) is 0 Å².